The van der Waals surface area contributed by atoms with Gasteiger partial charge in [0.05, 0.1) is 11.5 Å². The van der Waals surface area contributed by atoms with Gasteiger partial charge in [0.2, 0.25) is 0 Å². The molecule has 10 nitrogen and oxygen atoms in total. The number of H-pyrrole nitrogens is 1. The third-order valence-corrected chi connectivity index (χ3v) is 3.48. The van der Waals surface area contributed by atoms with Crippen molar-refractivity contribution in [1.29, 1.82) is 0 Å². The largest absolute Gasteiger partial charge is 0.349 e. The van der Waals surface area contributed by atoms with E-state index in [0.29, 0.717) is 25.3 Å². The average molecular weight is 305 g/mol. The third kappa shape index (κ3) is 2.81. The maximum absolute atomic E-state index is 12.1. The van der Waals surface area contributed by atoms with Crippen LogP contribution in [-0.2, 0) is 19.5 Å². The Kier molecular flexibility index (Phi) is 3.83. The van der Waals surface area contributed by atoms with Crippen molar-refractivity contribution in [3.05, 3.63) is 39.5 Å². The number of nitro groups is 1. The van der Waals surface area contributed by atoms with Crippen LogP contribution in [-0.4, -0.2) is 43.9 Å². The van der Waals surface area contributed by atoms with Gasteiger partial charge in [0.15, 0.2) is 5.69 Å². The number of aromatic amines is 1. The van der Waals surface area contributed by atoms with Gasteiger partial charge in [-0.3, -0.25) is 24.7 Å². The van der Waals surface area contributed by atoms with Gasteiger partial charge in [-0.05, 0) is 0 Å². The SMILES string of the molecule is O=C(NCCn1cc([N+](=O)[O-])cn1)c1n[nH]c2c1CNCC2. The van der Waals surface area contributed by atoms with Gasteiger partial charge in [0.1, 0.15) is 12.4 Å². The van der Waals surface area contributed by atoms with Crippen LogP contribution in [0.1, 0.15) is 21.7 Å². The van der Waals surface area contributed by atoms with E-state index in [0.717, 1.165) is 24.2 Å². The van der Waals surface area contributed by atoms with Gasteiger partial charge in [-0.1, -0.05) is 0 Å². The van der Waals surface area contributed by atoms with Gasteiger partial charge < -0.3 is 10.6 Å². The van der Waals surface area contributed by atoms with E-state index in [1.165, 1.54) is 17.1 Å². The van der Waals surface area contributed by atoms with Crippen molar-refractivity contribution in [1.82, 2.24) is 30.6 Å². The van der Waals surface area contributed by atoms with Crippen molar-refractivity contribution in [3.63, 3.8) is 0 Å². The Bertz CT molecular complexity index is 705. The monoisotopic (exact) mass is 305 g/mol. The normalized spacial score (nSPS) is 13.6. The Hall–Kier alpha value is -2.75. The van der Waals surface area contributed by atoms with Gasteiger partial charge in [-0.25, -0.2) is 0 Å². The first kappa shape index (κ1) is 14.2. The molecule has 0 unspecified atom stereocenters. The van der Waals surface area contributed by atoms with E-state index >= 15 is 0 Å². The number of carbonyl (C=O) groups is 1. The Morgan fingerprint density at radius 2 is 2.41 bits per heavy atom. The van der Waals surface area contributed by atoms with Crippen molar-refractivity contribution in [2.75, 3.05) is 13.1 Å². The minimum atomic E-state index is -0.509. The molecule has 0 spiro atoms. The lowest BCUT2D eigenvalue weighted by atomic mass is 10.1. The fourth-order valence-electron chi connectivity index (χ4n) is 2.35. The summed E-state index contributed by atoms with van der Waals surface area (Å²) in [6.45, 7) is 2.16. The molecule has 0 saturated carbocycles. The summed E-state index contributed by atoms with van der Waals surface area (Å²) in [5.41, 5.74) is 2.22. The van der Waals surface area contributed by atoms with Crippen LogP contribution in [0.2, 0.25) is 0 Å². The summed E-state index contributed by atoms with van der Waals surface area (Å²) >= 11 is 0. The summed E-state index contributed by atoms with van der Waals surface area (Å²) in [4.78, 5) is 22.2. The highest BCUT2D eigenvalue weighted by Gasteiger charge is 2.21. The van der Waals surface area contributed by atoms with Gasteiger partial charge in [-0.15, -0.1) is 0 Å². The van der Waals surface area contributed by atoms with E-state index in [1.807, 2.05) is 0 Å². The number of carbonyl (C=O) groups excluding carboxylic acids is 1. The molecule has 3 heterocycles. The van der Waals surface area contributed by atoms with Gasteiger partial charge >= 0.3 is 5.69 Å². The summed E-state index contributed by atoms with van der Waals surface area (Å²) in [5, 5.41) is 27.3. The predicted molar refractivity (Wildman–Crippen MR) is 75.2 cm³/mol. The smallest absolute Gasteiger partial charge is 0.306 e. The predicted octanol–water partition coefficient (Wildman–Crippen LogP) is -0.410. The van der Waals surface area contributed by atoms with E-state index in [9.17, 15) is 14.9 Å². The number of aromatic nitrogens is 4. The van der Waals surface area contributed by atoms with Crippen LogP contribution in [0.15, 0.2) is 12.4 Å². The molecule has 0 bridgehead atoms. The quantitative estimate of drug-likeness (QED) is 0.508. The topological polar surface area (TPSA) is 131 Å². The molecule has 3 rings (SSSR count). The second-order valence-corrected chi connectivity index (χ2v) is 4.93. The molecule has 0 radical (unpaired) electrons. The van der Waals surface area contributed by atoms with Gasteiger partial charge in [-0.2, -0.15) is 10.2 Å². The van der Waals surface area contributed by atoms with Crippen LogP contribution in [0.5, 0.6) is 0 Å². The molecular weight excluding hydrogens is 290 g/mol. The summed E-state index contributed by atoms with van der Waals surface area (Å²) in [6.07, 6.45) is 3.33. The van der Waals surface area contributed by atoms with Crippen molar-refractivity contribution >= 4 is 11.6 Å². The van der Waals surface area contributed by atoms with Crippen molar-refractivity contribution in [2.24, 2.45) is 0 Å². The summed E-state index contributed by atoms with van der Waals surface area (Å²) in [7, 11) is 0. The lowest BCUT2D eigenvalue weighted by molar-refractivity contribution is -0.385. The zero-order valence-corrected chi connectivity index (χ0v) is 11.7. The zero-order valence-electron chi connectivity index (χ0n) is 11.7. The molecule has 0 atom stereocenters. The van der Waals surface area contributed by atoms with Gasteiger partial charge in [0.25, 0.3) is 5.91 Å². The second kappa shape index (κ2) is 5.93. The molecule has 0 saturated heterocycles. The first-order chi connectivity index (χ1) is 10.6. The fraction of sp³-hybridized carbons (Fsp3) is 0.417. The average Bonchev–Trinajstić information content (AvgIpc) is 3.13. The third-order valence-electron chi connectivity index (χ3n) is 3.48. The van der Waals surface area contributed by atoms with Crippen LogP contribution in [0.25, 0.3) is 0 Å². The molecular formula is C12H15N7O3. The van der Waals surface area contributed by atoms with E-state index in [1.54, 1.807) is 0 Å². The summed E-state index contributed by atoms with van der Waals surface area (Å²) in [5.74, 6) is -0.261. The molecule has 0 aromatic carbocycles. The Balaban J connectivity index is 1.56. The Morgan fingerprint density at radius 3 is 3.18 bits per heavy atom. The molecule has 116 valence electrons. The Morgan fingerprint density at radius 1 is 1.55 bits per heavy atom. The number of hydrogen-bond acceptors (Lipinski definition) is 6. The molecule has 2 aromatic rings. The zero-order chi connectivity index (χ0) is 15.5. The lowest BCUT2D eigenvalue weighted by Crippen LogP contribution is -2.30. The highest BCUT2D eigenvalue weighted by molar-refractivity contribution is 5.94. The van der Waals surface area contributed by atoms with Crippen molar-refractivity contribution < 1.29 is 9.72 Å². The first-order valence-corrected chi connectivity index (χ1v) is 6.87. The number of amides is 1. The Labute approximate surface area is 125 Å². The lowest BCUT2D eigenvalue weighted by Gasteiger charge is -2.12. The fourth-order valence-corrected chi connectivity index (χ4v) is 2.35. The number of rotatable bonds is 5. The molecule has 1 aliphatic rings. The van der Waals surface area contributed by atoms with Crippen LogP contribution in [0.4, 0.5) is 5.69 Å². The minimum absolute atomic E-state index is 0.0706. The van der Waals surface area contributed by atoms with Crippen LogP contribution in [0, 0.1) is 10.1 Å². The molecule has 2 aromatic heterocycles. The van der Waals surface area contributed by atoms with Crippen LogP contribution >= 0.6 is 0 Å². The van der Waals surface area contributed by atoms with Crippen LogP contribution < -0.4 is 10.6 Å². The maximum Gasteiger partial charge on any atom is 0.306 e. The second-order valence-electron chi connectivity index (χ2n) is 4.93. The molecule has 1 amide bonds. The van der Waals surface area contributed by atoms with Crippen molar-refractivity contribution in [3.8, 4) is 0 Å². The highest BCUT2D eigenvalue weighted by atomic mass is 16.6. The van der Waals surface area contributed by atoms with Gasteiger partial charge in [0, 0.05) is 37.3 Å². The summed E-state index contributed by atoms with van der Waals surface area (Å²) < 4.78 is 1.42. The number of nitrogens with one attached hydrogen (secondary N) is 3. The molecule has 1 aliphatic heterocycles. The van der Waals surface area contributed by atoms with Crippen molar-refractivity contribution in [2.45, 2.75) is 19.5 Å². The van der Waals surface area contributed by atoms with E-state index in [2.05, 4.69) is 25.9 Å². The molecule has 0 fully saturated rings. The minimum Gasteiger partial charge on any atom is -0.349 e. The number of nitrogens with zero attached hydrogens (tertiary/aromatic N) is 4. The van der Waals surface area contributed by atoms with Crippen LogP contribution in [0.3, 0.4) is 0 Å². The highest BCUT2D eigenvalue weighted by Crippen LogP contribution is 2.15. The maximum atomic E-state index is 12.1. The summed E-state index contributed by atoms with van der Waals surface area (Å²) in [6, 6.07) is 0. The number of fused-ring (bicyclic) bond motifs is 1. The molecule has 3 N–H and O–H groups in total. The van der Waals surface area contributed by atoms with E-state index in [4.69, 9.17) is 0 Å². The molecule has 10 heteroatoms. The first-order valence-electron chi connectivity index (χ1n) is 6.87. The standard InChI is InChI=1S/C12H15N7O3/c20-12(11-9-6-13-2-1-10(9)16-17-11)14-3-4-18-7-8(5-15-18)19(21)22/h5,7,13H,1-4,6H2,(H,14,20)(H,16,17). The van der Waals surface area contributed by atoms with E-state index in [-0.39, 0.29) is 11.6 Å². The number of hydrogen-bond donors (Lipinski definition) is 3. The molecule has 22 heavy (non-hydrogen) atoms. The molecule has 0 aliphatic carbocycles. The van der Waals surface area contributed by atoms with E-state index < -0.39 is 4.92 Å².